The number of phosphoric ester groups is 1. The van der Waals surface area contributed by atoms with E-state index >= 15 is 0 Å². The van der Waals surface area contributed by atoms with Crippen molar-refractivity contribution in [1.29, 1.82) is 0 Å². The first-order chi connectivity index (χ1) is 19.4. The van der Waals surface area contributed by atoms with Gasteiger partial charge in [0.15, 0.2) is 0 Å². The third-order valence-electron chi connectivity index (χ3n) is 6.36. The van der Waals surface area contributed by atoms with Crippen LogP contribution in [-0.4, -0.2) is 32.4 Å². The summed E-state index contributed by atoms with van der Waals surface area (Å²) < 4.78 is 34.0. The maximum Gasteiger partial charge on any atom is 0.474 e. The van der Waals surface area contributed by atoms with Crippen LogP contribution in [0.15, 0.2) is 58.7 Å². The van der Waals surface area contributed by atoms with Crippen molar-refractivity contribution in [1.82, 2.24) is 0 Å². The Morgan fingerprint density at radius 3 is 2.20 bits per heavy atom. The highest BCUT2D eigenvalue weighted by Gasteiger charge is 2.27. The summed E-state index contributed by atoms with van der Waals surface area (Å²) in [6.45, 7) is 25.1. The molecule has 1 rings (SSSR count). The Kier molecular flexibility index (Phi) is 24.0. The van der Waals surface area contributed by atoms with Gasteiger partial charge in [-0.1, -0.05) is 110 Å². The quantitative estimate of drug-likeness (QED) is 0.0580. The molecule has 0 N–H and O–H groups in total. The van der Waals surface area contributed by atoms with Crippen LogP contribution in [0.4, 0.5) is 0 Å². The Morgan fingerprint density at radius 2 is 1.61 bits per heavy atom. The Morgan fingerprint density at radius 1 is 0.976 bits per heavy atom. The summed E-state index contributed by atoms with van der Waals surface area (Å²) in [4.78, 5) is 12.1. The maximum atomic E-state index is 12.7. The van der Waals surface area contributed by atoms with Gasteiger partial charge in [-0.05, 0) is 68.9 Å². The third kappa shape index (κ3) is 19.2. The SMILES string of the molecule is CC.CC.CCCOP(=O)(OCCOC(=O)/C=C(C)/C=C/C=C(C)/C=C/C1=C(C)CCCC1(C)C)OCC(C)CC. The van der Waals surface area contributed by atoms with Gasteiger partial charge in [0.1, 0.15) is 6.61 Å². The van der Waals surface area contributed by atoms with Gasteiger partial charge < -0.3 is 4.74 Å². The number of allylic oxidation sites excluding steroid dienone is 9. The van der Waals surface area contributed by atoms with E-state index in [2.05, 4.69) is 39.8 Å². The number of carbonyl (C=O) groups excluding carboxylic acids is 1. The van der Waals surface area contributed by atoms with E-state index in [-0.39, 0.29) is 37.8 Å². The number of phosphoric acid groups is 1. The Hall–Kier alpha value is -1.72. The van der Waals surface area contributed by atoms with Gasteiger partial charge in [-0.3, -0.25) is 13.6 Å². The predicted octanol–water partition coefficient (Wildman–Crippen LogP) is 10.7. The number of ether oxygens (including phenoxy) is 1. The Bertz CT molecular complexity index is 923. The average molecular weight is 597 g/mol. The topological polar surface area (TPSA) is 71.1 Å². The van der Waals surface area contributed by atoms with Gasteiger partial charge in [0.2, 0.25) is 0 Å². The molecular formula is C34H61O6P. The van der Waals surface area contributed by atoms with Crippen molar-refractivity contribution in [3.63, 3.8) is 0 Å². The summed E-state index contributed by atoms with van der Waals surface area (Å²) in [5.74, 6) is -0.250. The largest absolute Gasteiger partial charge is 0.474 e. The molecule has 0 saturated carbocycles. The smallest absolute Gasteiger partial charge is 0.460 e. The summed E-state index contributed by atoms with van der Waals surface area (Å²) >= 11 is 0. The summed E-state index contributed by atoms with van der Waals surface area (Å²) in [5, 5.41) is 0. The van der Waals surface area contributed by atoms with Crippen molar-refractivity contribution in [2.45, 2.75) is 115 Å². The highest BCUT2D eigenvalue weighted by Crippen LogP contribution is 2.49. The van der Waals surface area contributed by atoms with Crippen LogP contribution >= 0.6 is 7.82 Å². The molecule has 238 valence electrons. The molecule has 41 heavy (non-hydrogen) atoms. The van der Waals surface area contributed by atoms with E-state index in [1.165, 1.54) is 36.5 Å². The van der Waals surface area contributed by atoms with Crippen LogP contribution in [0.25, 0.3) is 0 Å². The molecule has 7 heteroatoms. The molecule has 0 heterocycles. The van der Waals surface area contributed by atoms with Crippen molar-refractivity contribution in [2.75, 3.05) is 26.4 Å². The molecule has 0 aromatic carbocycles. The van der Waals surface area contributed by atoms with E-state index in [4.69, 9.17) is 18.3 Å². The van der Waals surface area contributed by atoms with Crippen LogP contribution in [0.5, 0.6) is 0 Å². The summed E-state index contributed by atoms with van der Waals surface area (Å²) in [7, 11) is -3.67. The van der Waals surface area contributed by atoms with E-state index in [1.54, 1.807) is 0 Å². The summed E-state index contributed by atoms with van der Waals surface area (Å²) in [6, 6.07) is 0. The van der Waals surface area contributed by atoms with Gasteiger partial charge >= 0.3 is 13.8 Å². The average Bonchev–Trinajstić information content (AvgIpc) is 2.94. The van der Waals surface area contributed by atoms with Gasteiger partial charge in [0, 0.05) is 6.08 Å². The van der Waals surface area contributed by atoms with E-state index in [9.17, 15) is 9.36 Å². The normalized spacial score (nSPS) is 17.9. The van der Waals surface area contributed by atoms with Gasteiger partial charge in [-0.25, -0.2) is 9.36 Å². The van der Waals surface area contributed by atoms with E-state index in [0.29, 0.717) is 6.42 Å². The van der Waals surface area contributed by atoms with Crippen LogP contribution in [0.3, 0.4) is 0 Å². The molecule has 0 amide bonds. The number of rotatable bonds is 16. The number of hydrogen-bond donors (Lipinski definition) is 0. The summed E-state index contributed by atoms with van der Waals surface area (Å²) in [6.07, 6.45) is 16.9. The molecule has 2 atom stereocenters. The number of hydrogen-bond acceptors (Lipinski definition) is 6. The zero-order valence-corrected chi connectivity index (χ0v) is 29.2. The minimum Gasteiger partial charge on any atom is -0.460 e. The monoisotopic (exact) mass is 596 g/mol. The van der Waals surface area contributed by atoms with E-state index in [1.807, 2.05) is 73.6 Å². The molecule has 1 aliphatic rings. The molecule has 0 saturated heterocycles. The van der Waals surface area contributed by atoms with Gasteiger partial charge in [-0.15, -0.1) is 0 Å². The van der Waals surface area contributed by atoms with Crippen LogP contribution in [0, 0.1) is 11.3 Å². The highest BCUT2D eigenvalue weighted by molar-refractivity contribution is 7.48. The first-order valence-corrected chi connectivity index (χ1v) is 17.0. The lowest BCUT2D eigenvalue weighted by Crippen LogP contribution is -2.19. The maximum absolute atomic E-state index is 12.7. The second kappa shape index (κ2) is 23.8. The third-order valence-corrected chi connectivity index (χ3v) is 7.83. The predicted molar refractivity (Wildman–Crippen MR) is 175 cm³/mol. The molecule has 0 radical (unpaired) electrons. The molecule has 0 aromatic heterocycles. The van der Waals surface area contributed by atoms with Crippen molar-refractivity contribution >= 4 is 13.8 Å². The fourth-order valence-electron chi connectivity index (χ4n) is 3.85. The second-order valence-corrected chi connectivity index (χ2v) is 12.2. The first kappa shape index (κ1) is 41.4. The van der Waals surface area contributed by atoms with Crippen LogP contribution in [0.1, 0.15) is 115 Å². The zero-order valence-electron chi connectivity index (χ0n) is 28.3. The lowest BCUT2D eigenvalue weighted by Gasteiger charge is -2.32. The fourth-order valence-corrected chi connectivity index (χ4v) is 5.22. The standard InChI is InChI=1S/C30H49O6P.2C2H6/c1-9-19-34-37(32,36-23-24(3)10-2)35-21-20-33-29(31)22-26(5)14-11-13-25(4)16-17-28-27(6)15-12-18-30(28,7)8;2*1-2/h11,13-14,16-17,22,24H,9-10,12,15,18-21,23H2,1-8H3;2*1-2H3/b14-11+,17-16+,25-13+,26-22+;;. The van der Waals surface area contributed by atoms with E-state index in [0.717, 1.165) is 17.6 Å². The van der Waals surface area contributed by atoms with Crippen molar-refractivity contribution < 1.29 is 27.7 Å². The Balaban J connectivity index is 0. The van der Waals surface area contributed by atoms with Crippen LogP contribution in [0.2, 0.25) is 0 Å². The van der Waals surface area contributed by atoms with Gasteiger partial charge in [0.05, 0.1) is 19.8 Å². The molecule has 6 nitrogen and oxygen atoms in total. The molecule has 0 bridgehead atoms. The van der Waals surface area contributed by atoms with Crippen LogP contribution in [-0.2, 0) is 27.7 Å². The molecule has 0 aliphatic heterocycles. The highest BCUT2D eigenvalue weighted by atomic mass is 31.2. The van der Waals surface area contributed by atoms with Crippen LogP contribution < -0.4 is 0 Å². The molecule has 0 aromatic rings. The van der Waals surface area contributed by atoms with Gasteiger partial charge in [-0.2, -0.15) is 0 Å². The molecule has 0 fully saturated rings. The molecular weight excluding hydrogens is 535 g/mol. The second-order valence-electron chi connectivity index (χ2n) is 10.5. The minimum absolute atomic E-state index is 0.0477. The first-order valence-electron chi connectivity index (χ1n) is 15.5. The van der Waals surface area contributed by atoms with Crippen molar-refractivity contribution in [2.24, 2.45) is 11.3 Å². The van der Waals surface area contributed by atoms with Crippen molar-refractivity contribution in [3.05, 3.63) is 58.7 Å². The molecule has 1 aliphatic carbocycles. The summed E-state index contributed by atoms with van der Waals surface area (Å²) in [5.41, 5.74) is 5.04. The van der Waals surface area contributed by atoms with E-state index < -0.39 is 13.8 Å². The zero-order chi connectivity index (χ0) is 31.9. The minimum atomic E-state index is -3.67. The fraction of sp³-hybridized carbons (Fsp3) is 0.676. The van der Waals surface area contributed by atoms with Gasteiger partial charge in [0.25, 0.3) is 0 Å². The number of esters is 1. The lowest BCUT2D eigenvalue weighted by atomic mass is 9.72. The lowest BCUT2D eigenvalue weighted by molar-refractivity contribution is -0.138. The molecule has 0 spiro atoms. The number of carbonyl (C=O) groups is 1. The molecule has 2 unspecified atom stereocenters. The Labute approximate surface area is 253 Å². The van der Waals surface area contributed by atoms with Crippen molar-refractivity contribution in [3.8, 4) is 0 Å².